The van der Waals surface area contributed by atoms with Crippen molar-refractivity contribution in [2.75, 3.05) is 19.5 Å². The van der Waals surface area contributed by atoms with Gasteiger partial charge in [-0.15, -0.1) is 0 Å². The molecule has 1 amide bonds. The molecule has 0 radical (unpaired) electrons. The molecule has 0 saturated carbocycles. The Hall–Kier alpha value is -3.01. The third kappa shape index (κ3) is 2.60. The molecular formula is C21H19NO3. The molecule has 1 atom stereocenters. The predicted octanol–water partition coefficient (Wildman–Crippen LogP) is 4.33. The van der Waals surface area contributed by atoms with Crippen LogP contribution >= 0.6 is 0 Å². The van der Waals surface area contributed by atoms with Crippen molar-refractivity contribution in [3.05, 3.63) is 65.7 Å². The van der Waals surface area contributed by atoms with Crippen molar-refractivity contribution >= 4 is 22.4 Å². The summed E-state index contributed by atoms with van der Waals surface area (Å²) in [5, 5.41) is 5.34. The minimum Gasteiger partial charge on any atom is -0.493 e. The number of methoxy groups -OCH3 is 2. The number of benzene rings is 3. The lowest BCUT2D eigenvalue weighted by Crippen LogP contribution is -2.23. The standard InChI is InChI=1S/C21H19NO3/c1-24-18-10-8-14(11-19(18)25-2)16-12-20(23)22-17-9-7-13-5-3-4-6-15(13)21(16)17/h3-11,16H,12H2,1-2H3,(H,22,23)/t16-/m0/s1. The molecule has 4 heteroatoms. The van der Waals surface area contributed by atoms with Gasteiger partial charge in [-0.2, -0.15) is 0 Å². The van der Waals surface area contributed by atoms with Gasteiger partial charge in [0.05, 0.1) is 14.2 Å². The molecule has 0 aromatic heterocycles. The summed E-state index contributed by atoms with van der Waals surface area (Å²) in [6.07, 6.45) is 0.413. The Balaban J connectivity index is 1.92. The Morgan fingerprint density at radius 3 is 2.56 bits per heavy atom. The first-order valence-corrected chi connectivity index (χ1v) is 8.24. The average Bonchev–Trinajstić information content (AvgIpc) is 2.66. The number of fused-ring (bicyclic) bond motifs is 3. The Morgan fingerprint density at radius 2 is 1.76 bits per heavy atom. The zero-order valence-electron chi connectivity index (χ0n) is 14.2. The Bertz CT molecular complexity index is 965. The van der Waals surface area contributed by atoms with E-state index in [-0.39, 0.29) is 11.8 Å². The van der Waals surface area contributed by atoms with Crippen molar-refractivity contribution in [3.63, 3.8) is 0 Å². The quantitative estimate of drug-likeness (QED) is 0.776. The maximum atomic E-state index is 12.3. The smallest absolute Gasteiger partial charge is 0.225 e. The maximum Gasteiger partial charge on any atom is 0.225 e. The van der Waals surface area contributed by atoms with Gasteiger partial charge in [-0.25, -0.2) is 0 Å². The molecule has 0 fully saturated rings. The highest BCUT2D eigenvalue weighted by atomic mass is 16.5. The van der Waals surface area contributed by atoms with Crippen LogP contribution in [-0.4, -0.2) is 20.1 Å². The van der Waals surface area contributed by atoms with E-state index >= 15 is 0 Å². The highest BCUT2D eigenvalue weighted by Gasteiger charge is 2.28. The lowest BCUT2D eigenvalue weighted by molar-refractivity contribution is -0.116. The third-order valence-electron chi connectivity index (χ3n) is 4.79. The minimum atomic E-state index is -0.0188. The minimum absolute atomic E-state index is 0.0188. The van der Waals surface area contributed by atoms with Crippen molar-refractivity contribution < 1.29 is 14.3 Å². The zero-order chi connectivity index (χ0) is 17.4. The van der Waals surface area contributed by atoms with Crippen LogP contribution in [0, 0.1) is 0 Å². The van der Waals surface area contributed by atoms with Crippen molar-refractivity contribution in [1.82, 2.24) is 0 Å². The highest BCUT2D eigenvalue weighted by Crippen LogP contribution is 2.43. The van der Waals surface area contributed by atoms with Crippen LogP contribution < -0.4 is 14.8 Å². The Labute approximate surface area is 146 Å². The van der Waals surface area contributed by atoms with Crippen molar-refractivity contribution in [2.45, 2.75) is 12.3 Å². The number of nitrogens with one attached hydrogen (secondary N) is 1. The van der Waals surface area contributed by atoms with Gasteiger partial charge in [0.1, 0.15) is 0 Å². The van der Waals surface area contributed by atoms with Crippen LogP contribution in [0.15, 0.2) is 54.6 Å². The molecular weight excluding hydrogens is 314 g/mol. The summed E-state index contributed by atoms with van der Waals surface area (Å²) in [5.41, 5.74) is 3.09. The summed E-state index contributed by atoms with van der Waals surface area (Å²) >= 11 is 0. The van der Waals surface area contributed by atoms with Crippen LogP contribution in [0.5, 0.6) is 11.5 Å². The van der Waals surface area contributed by atoms with Crippen molar-refractivity contribution in [3.8, 4) is 11.5 Å². The fourth-order valence-electron chi connectivity index (χ4n) is 3.62. The lowest BCUT2D eigenvalue weighted by Gasteiger charge is -2.28. The number of carbonyl (C=O) groups excluding carboxylic acids is 1. The topological polar surface area (TPSA) is 47.6 Å². The molecule has 3 aromatic rings. The first-order chi connectivity index (χ1) is 12.2. The van der Waals surface area contributed by atoms with Gasteiger partial charge in [0.25, 0.3) is 0 Å². The van der Waals surface area contributed by atoms with Crippen LogP contribution in [0.1, 0.15) is 23.5 Å². The van der Waals surface area contributed by atoms with E-state index in [0.29, 0.717) is 17.9 Å². The fourth-order valence-corrected chi connectivity index (χ4v) is 3.62. The van der Waals surface area contributed by atoms with Gasteiger partial charge in [0, 0.05) is 18.0 Å². The number of rotatable bonds is 3. The summed E-state index contributed by atoms with van der Waals surface area (Å²) in [6, 6.07) is 18.2. The molecule has 126 valence electrons. The second kappa shape index (κ2) is 6.13. The molecule has 1 aliphatic rings. The molecule has 0 bridgehead atoms. The van der Waals surface area contributed by atoms with Gasteiger partial charge in [-0.1, -0.05) is 36.4 Å². The molecule has 0 saturated heterocycles. The van der Waals surface area contributed by atoms with E-state index in [2.05, 4.69) is 17.4 Å². The van der Waals surface area contributed by atoms with Crippen LogP contribution in [-0.2, 0) is 4.79 Å². The van der Waals surface area contributed by atoms with Crippen molar-refractivity contribution in [1.29, 1.82) is 0 Å². The lowest BCUT2D eigenvalue weighted by atomic mass is 9.82. The van der Waals surface area contributed by atoms with Crippen LogP contribution in [0.25, 0.3) is 10.8 Å². The molecule has 4 nitrogen and oxygen atoms in total. The molecule has 4 rings (SSSR count). The molecule has 25 heavy (non-hydrogen) atoms. The summed E-state index contributed by atoms with van der Waals surface area (Å²) in [7, 11) is 3.24. The van der Waals surface area contributed by atoms with Crippen LogP contribution in [0.4, 0.5) is 5.69 Å². The van der Waals surface area contributed by atoms with E-state index in [9.17, 15) is 4.79 Å². The first-order valence-electron chi connectivity index (χ1n) is 8.24. The fraction of sp³-hybridized carbons (Fsp3) is 0.190. The van der Waals surface area contributed by atoms with Gasteiger partial charge in [0.2, 0.25) is 5.91 Å². The van der Waals surface area contributed by atoms with Gasteiger partial charge in [-0.05, 0) is 40.1 Å². The number of hydrogen-bond acceptors (Lipinski definition) is 3. The Kier molecular flexibility index (Phi) is 3.80. The molecule has 0 aliphatic carbocycles. The van der Waals surface area contributed by atoms with Gasteiger partial charge >= 0.3 is 0 Å². The summed E-state index contributed by atoms with van der Waals surface area (Å²) in [4.78, 5) is 12.3. The molecule has 1 N–H and O–H groups in total. The predicted molar refractivity (Wildman–Crippen MR) is 98.6 cm³/mol. The summed E-state index contributed by atoms with van der Waals surface area (Å²) in [5.74, 6) is 1.37. The average molecular weight is 333 g/mol. The number of hydrogen-bond donors (Lipinski definition) is 1. The monoisotopic (exact) mass is 333 g/mol. The molecule has 0 spiro atoms. The normalized spacial score (nSPS) is 16.2. The Morgan fingerprint density at radius 1 is 0.960 bits per heavy atom. The van der Waals surface area contributed by atoms with Gasteiger partial charge in [0.15, 0.2) is 11.5 Å². The number of amides is 1. The molecule has 0 unspecified atom stereocenters. The van der Waals surface area contributed by atoms with E-state index in [0.717, 1.165) is 16.8 Å². The van der Waals surface area contributed by atoms with Crippen molar-refractivity contribution in [2.24, 2.45) is 0 Å². The second-order valence-corrected chi connectivity index (χ2v) is 6.17. The van der Waals surface area contributed by atoms with Gasteiger partial charge in [-0.3, -0.25) is 4.79 Å². The zero-order valence-corrected chi connectivity index (χ0v) is 14.2. The molecule has 3 aromatic carbocycles. The van der Waals surface area contributed by atoms with E-state index in [1.165, 1.54) is 10.8 Å². The van der Waals surface area contributed by atoms with Crippen LogP contribution in [0.2, 0.25) is 0 Å². The number of ether oxygens (including phenoxy) is 2. The molecule has 1 aliphatic heterocycles. The van der Waals surface area contributed by atoms with E-state index in [1.807, 2.05) is 42.5 Å². The number of anilines is 1. The first kappa shape index (κ1) is 15.5. The highest BCUT2D eigenvalue weighted by molar-refractivity contribution is 6.01. The van der Waals surface area contributed by atoms with E-state index in [4.69, 9.17) is 9.47 Å². The SMILES string of the molecule is COc1ccc([C@@H]2CC(=O)Nc3ccc4ccccc4c32)cc1OC. The van der Waals surface area contributed by atoms with Crippen LogP contribution in [0.3, 0.4) is 0 Å². The number of carbonyl (C=O) groups is 1. The van der Waals surface area contributed by atoms with Gasteiger partial charge < -0.3 is 14.8 Å². The molecule has 1 heterocycles. The summed E-state index contributed by atoms with van der Waals surface area (Å²) in [6.45, 7) is 0. The van der Waals surface area contributed by atoms with E-state index < -0.39 is 0 Å². The largest absolute Gasteiger partial charge is 0.493 e. The third-order valence-corrected chi connectivity index (χ3v) is 4.79. The summed E-state index contributed by atoms with van der Waals surface area (Å²) < 4.78 is 10.8. The maximum absolute atomic E-state index is 12.3. The second-order valence-electron chi connectivity index (χ2n) is 6.17. The van der Waals surface area contributed by atoms with E-state index in [1.54, 1.807) is 14.2 Å².